The van der Waals surface area contributed by atoms with Gasteiger partial charge in [0.2, 0.25) is 0 Å². The lowest BCUT2D eigenvalue weighted by atomic mass is 9.93. The minimum absolute atomic E-state index is 0.0338. The van der Waals surface area contributed by atoms with Crippen molar-refractivity contribution in [2.24, 2.45) is 0 Å². The van der Waals surface area contributed by atoms with Gasteiger partial charge in [-0.3, -0.25) is 4.79 Å². The third-order valence-electron chi connectivity index (χ3n) is 3.43. The minimum atomic E-state index is -0.959. The van der Waals surface area contributed by atoms with Crippen molar-refractivity contribution in [3.63, 3.8) is 0 Å². The van der Waals surface area contributed by atoms with Gasteiger partial charge in [0.1, 0.15) is 18.0 Å². The van der Waals surface area contributed by atoms with E-state index in [2.05, 4.69) is 10.1 Å². The molecule has 1 aromatic carbocycles. The summed E-state index contributed by atoms with van der Waals surface area (Å²) in [5.41, 5.74) is 0.0338. The summed E-state index contributed by atoms with van der Waals surface area (Å²) in [7, 11) is 0. The molecule has 134 valence electrons. The second kappa shape index (κ2) is 8.70. The van der Waals surface area contributed by atoms with E-state index < -0.39 is 23.5 Å². The third kappa shape index (κ3) is 5.63. The predicted molar refractivity (Wildman–Crippen MR) is 87.7 cm³/mol. The van der Waals surface area contributed by atoms with E-state index in [9.17, 15) is 18.4 Å². The van der Waals surface area contributed by atoms with Crippen LogP contribution in [0.25, 0.3) is 0 Å². The summed E-state index contributed by atoms with van der Waals surface area (Å²) in [4.78, 5) is 33.2. The second-order valence-electron chi connectivity index (χ2n) is 5.42. The fraction of sp³-hybridized carbons (Fsp3) is 0.375. The van der Waals surface area contributed by atoms with Gasteiger partial charge in [-0.15, -0.1) is 5.10 Å². The van der Waals surface area contributed by atoms with Crippen molar-refractivity contribution in [1.82, 2.24) is 14.9 Å². The summed E-state index contributed by atoms with van der Waals surface area (Å²) in [6.45, 7) is 3.30. The summed E-state index contributed by atoms with van der Waals surface area (Å²) in [6, 6.07) is 3.03. The van der Waals surface area contributed by atoms with E-state index in [1.54, 1.807) is 0 Å². The number of nitrogens with zero attached hydrogens (tertiary/aromatic N) is 3. The molecule has 0 fully saturated rings. The number of hydrogen-bond acceptors (Lipinski definition) is 6. The van der Waals surface area contributed by atoms with Crippen molar-refractivity contribution in [1.29, 1.82) is 0 Å². The highest BCUT2D eigenvalue weighted by atomic mass is 32.2. The first-order valence-electron chi connectivity index (χ1n) is 7.55. The van der Waals surface area contributed by atoms with Crippen LogP contribution in [0.1, 0.15) is 38.2 Å². The standard InChI is InChI=1S/C16H17F2N3O3S/c1-10(25-11(2)22)3-5-14(13-6-4-12(17)7-15(13)18)16(23)24-21-9-19-8-20-21/h4,6-10,14H,3,5H2,1-2H3. The highest BCUT2D eigenvalue weighted by molar-refractivity contribution is 8.14. The monoisotopic (exact) mass is 369 g/mol. The number of thioether (sulfide) groups is 1. The van der Waals surface area contributed by atoms with Gasteiger partial charge in [0.25, 0.3) is 0 Å². The van der Waals surface area contributed by atoms with Gasteiger partial charge in [0.15, 0.2) is 11.4 Å². The molecular weight excluding hydrogens is 352 g/mol. The van der Waals surface area contributed by atoms with Crippen molar-refractivity contribution in [2.75, 3.05) is 0 Å². The number of carbonyl (C=O) groups is 2. The molecule has 2 atom stereocenters. The maximum Gasteiger partial charge on any atom is 0.342 e. The molecule has 0 amide bonds. The van der Waals surface area contributed by atoms with Crippen LogP contribution in [-0.4, -0.2) is 31.3 Å². The Morgan fingerprint density at radius 2 is 2.08 bits per heavy atom. The molecule has 2 unspecified atom stereocenters. The van der Waals surface area contributed by atoms with E-state index in [1.807, 2.05) is 6.92 Å². The van der Waals surface area contributed by atoms with Crippen molar-refractivity contribution in [3.8, 4) is 0 Å². The molecule has 0 saturated heterocycles. The molecule has 0 N–H and O–H groups in total. The van der Waals surface area contributed by atoms with Gasteiger partial charge in [0.05, 0.1) is 5.92 Å². The van der Waals surface area contributed by atoms with E-state index in [-0.39, 0.29) is 22.3 Å². The van der Waals surface area contributed by atoms with Crippen LogP contribution < -0.4 is 4.84 Å². The molecule has 9 heteroatoms. The van der Waals surface area contributed by atoms with E-state index in [0.29, 0.717) is 6.42 Å². The van der Waals surface area contributed by atoms with E-state index in [0.717, 1.165) is 28.7 Å². The molecule has 0 aliphatic carbocycles. The zero-order valence-electron chi connectivity index (χ0n) is 13.7. The topological polar surface area (TPSA) is 74.1 Å². The average Bonchev–Trinajstić information content (AvgIpc) is 3.01. The van der Waals surface area contributed by atoms with Gasteiger partial charge in [0, 0.05) is 23.8 Å². The Labute approximate surface area is 147 Å². The van der Waals surface area contributed by atoms with Crippen LogP contribution in [0.4, 0.5) is 8.78 Å². The van der Waals surface area contributed by atoms with Crippen LogP contribution in [0.15, 0.2) is 30.9 Å². The Bertz CT molecular complexity index is 740. The highest BCUT2D eigenvalue weighted by Gasteiger charge is 2.27. The van der Waals surface area contributed by atoms with Gasteiger partial charge >= 0.3 is 5.97 Å². The molecule has 0 radical (unpaired) electrons. The van der Waals surface area contributed by atoms with Gasteiger partial charge in [-0.2, -0.15) is 0 Å². The van der Waals surface area contributed by atoms with Crippen LogP contribution in [0, 0.1) is 11.6 Å². The van der Waals surface area contributed by atoms with Gasteiger partial charge in [-0.05, 0) is 18.9 Å². The number of benzene rings is 1. The number of rotatable bonds is 7. The lowest BCUT2D eigenvalue weighted by Crippen LogP contribution is -2.27. The molecule has 6 nitrogen and oxygen atoms in total. The van der Waals surface area contributed by atoms with Crippen molar-refractivity contribution < 1.29 is 23.2 Å². The van der Waals surface area contributed by atoms with Gasteiger partial charge < -0.3 is 4.84 Å². The largest absolute Gasteiger partial charge is 0.342 e. The van der Waals surface area contributed by atoms with E-state index >= 15 is 0 Å². The first-order valence-corrected chi connectivity index (χ1v) is 8.43. The molecule has 0 aliphatic heterocycles. The molecule has 1 heterocycles. The molecule has 2 aromatic rings. The highest BCUT2D eigenvalue weighted by Crippen LogP contribution is 2.28. The lowest BCUT2D eigenvalue weighted by Gasteiger charge is -2.18. The molecule has 0 spiro atoms. The summed E-state index contributed by atoms with van der Waals surface area (Å²) >= 11 is 1.14. The SMILES string of the molecule is CC(=O)SC(C)CCC(C(=O)On1cncn1)c1ccc(F)cc1F. The van der Waals surface area contributed by atoms with Gasteiger partial charge in [-0.25, -0.2) is 18.6 Å². The maximum absolute atomic E-state index is 14.1. The normalized spacial score (nSPS) is 13.3. The third-order valence-corrected chi connectivity index (χ3v) is 4.40. The van der Waals surface area contributed by atoms with Crippen LogP contribution in [0.3, 0.4) is 0 Å². The number of aromatic nitrogens is 3. The molecule has 25 heavy (non-hydrogen) atoms. The number of hydrogen-bond donors (Lipinski definition) is 0. The van der Waals surface area contributed by atoms with Gasteiger partial charge in [-0.1, -0.05) is 29.6 Å². The summed E-state index contributed by atoms with van der Waals surface area (Å²) in [6.07, 6.45) is 3.08. The van der Waals surface area contributed by atoms with Crippen molar-refractivity contribution in [3.05, 3.63) is 48.1 Å². The molecule has 2 rings (SSSR count). The van der Waals surface area contributed by atoms with E-state index in [4.69, 9.17) is 4.84 Å². The quantitative estimate of drug-likeness (QED) is 0.747. The van der Waals surface area contributed by atoms with Crippen molar-refractivity contribution >= 4 is 22.8 Å². The Balaban J connectivity index is 2.18. The number of carbonyl (C=O) groups excluding carboxylic acids is 2. The minimum Gasteiger partial charge on any atom is -0.317 e. The molecule has 1 aromatic heterocycles. The lowest BCUT2D eigenvalue weighted by molar-refractivity contribution is -0.148. The predicted octanol–water partition coefficient (Wildman–Crippen LogP) is 2.74. The second-order valence-corrected chi connectivity index (χ2v) is 7.04. The Morgan fingerprint density at radius 1 is 1.32 bits per heavy atom. The summed E-state index contributed by atoms with van der Waals surface area (Å²) in [5, 5.41) is 3.57. The zero-order valence-corrected chi connectivity index (χ0v) is 14.5. The molecule has 0 aliphatic rings. The molecular formula is C16H17F2N3O3S. The fourth-order valence-electron chi connectivity index (χ4n) is 2.33. The first-order chi connectivity index (χ1) is 11.9. The maximum atomic E-state index is 14.1. The Hall–Kier alpha value is -2.29. The molecule has 0 bridgehead atoms. The smallest absolute Gasteiger partial charge is 0.317 e. The summed E-state index contributed by atoms with van der Waals surface area (Å²) in [5.74, 6) is -3.26. The summed E-state index contributed by atoms with van der Waals surface area (Å²) < 4.78 is 27.3. The Kier molecular flexibility index (Phi) is 6.63. The van der Waals surface area contributed by atoms with Crippen LogP contribution in [0.5, 0.6) is 0 Å². The van der Waals surface area contributed by atoms with Crippen molar-refractivity contribution in [2.45, 2.75) is 37.9 Å². The van der Waals surface area contributed by atoms with Crippen LogP contribution in [0.2, 0.25) is 0 Å². The zero-order chi connectivity index (χ0) is 18.4. The number of halogens is 2. The average molecular weight is 369 g/mol. The van der Waals surface area contributed by atoms with Crippen LogP contribution in [-0.2, 0) is 9.59 Å². The first kappa shape index (κ1) is 19.0. The van der Waals surface area contributed by atoms with E-state index in [1.165, 1.54) is 25.6 Å². The Morgan fingerprint density at radius 3 is 2.68 bits per heavy atom. The molecule has 0 saturated carbocycles. The fourth-order valence-corrected chi connectivity index (χ4v) is 3.15. The van der Waals surface area contributed by atoms with Crippen LogP contribution >= 0.6 is 11.8 Å².